The molecule has 1 heterocycles. The van der Waals surface area contributed by atoms with Crippen LogP contribution in [0.1, 0.15) is 48.9 Å². The lowest BCUT2D eigenvalue weighted by atomic mass is 10.0. The summed E-state index contributed by atoms with van der Waals surface area (Å²) in [6.45, 7) is 1.80. The highest BCUT2D eigenvalue weighted by atomic mass is 16.5. The van der Waals surface area contributed by atoms with Crippen LogP contribution in [-0.2, 0) is 4.74 Å². The molecule has 98 valence electrons. The average Bonchev–Trinajstić information content (AvgIpc) is 2.58. The van der Waals surface area contributed by atoms with Gasteiger partial charge in [-0.1, -0.05) is 24.3 Å². The molecular formula is C15H22N2O. The molecule has 1 saturated heterocycles. The van der Waals surface area contributed by atoms with Gasteiger partial charge in [-0.25, -0.2) is 0 Å². The normalized spacial score (nSPS) is 31.9. The summed E-state index contributed by atoms with van der Waals surface area (Å²) in [5.74, 6) is 0. The third kappa shape index (κ3) is 2.44. The van der Waals surface area contributed by atoms with Crippen LogP contribution in [0.3, 0.4) is 0 Å². The van der Waals surface area contributed by atoms with E-state index in [1.807, 2.05) is 0 Å². The van der Waals surface area contributed by atoms with Crippen molar-refractivity contribution < 1.29 is 4.74 Å². The Hall–Kier alpha value is -0.900. The predicted octanol–water partition coefficient (Wildman–Crippen LogP) is 2.29. The van der Waals surface area contributed by atoms with E-state index in [4.69, 9.17) is 10.5 Å². The smallest absolute Gasteiger partial charge is 0.0480 e. The monoisotopic (exact) mass is 246 g/mol. The highest BCUT2D eigenvalue weighted by molar-refractivity contribution is 5.37. The van der Waals surface area contributed by atoms with Gasteiger partial charge < -0.3 is 15.8 Å². The number of ether oxygens (including phenoxy) is 1. The van der Waals surface area contributed by atoms with Crippen molar-refractivity contribution in [1.29, 1.82) is 0 Å². The lowest BCUT2D eigenvalue weighted by Gasteiger charge is -2.22. The Labute approximate surface area is 109 Å². The second-order valence-corrected chi connectivity index (χ2v) is 5.43. The molecule has 1 fully saturated rings. The molecule has 1 aliphatic heterocycles. The maximum Gasteiger partial charge on any atom is 0.0480 e. The zero-order valence-electron chi connectivity index (χ0n) is 10.8. The summed E-state index contributed by atoms with van der Waals surface area (Å²) in [6, 6.07) is 9.78. The van der Waals surface area contributed by atoms with Gasteiger partial charge in [-0.3, -0.25) is 0 Å². The largest absolute Gasteiger partial charge is 0.381 e. The maximum atomic E-state index is 6.21. The van der Waals surface area contributed by atoms with Crippen LogP contribution >= 0.6 is 0 Å². The van der Waals surface area contributed by atoms with E-state index >= 15 is 0 Å². The number of nitrogens with one attached hydrogen (secondary N) is 1. The van der Waals surface area contributed by atoms with Crippen molar-refractivity contribution in [1.82, 2.24) is 5.32 Å². The number of fused-ring (bicyclic) bond motifs is 1. The summed E-state index contributed by atoms with van der Waals surface area (Å²) in [5, 5.41) is 3.78. The van der Waals surface area contributed by atoms with Crippen molar-refractivity contribution in [3.05, 3.63) is 35.4 Å². The van der Waals surface area contributed by atoms with Gasteiger partial charge in [-0.05, 0) is 36.8 Å². The van der Waals surface area contributed by atoms with E-state index in [2.05, 4.69) is 29.6 Å². The molecule has 3 rings (SSSR count). The number of nitrogens with two attached hydrogens (primary N) is 1. The van der Waals surface area contributed by atoms with E-state index in [9.17, 15) is 0 Å². The second-order valence-electron chi connectivity index (χ2n) is 5.43. The van der Waals surface area contributed by atoms with Crippen molar-refractivity contribution in [2.75, 3.05) is 13.2 Å². The van der Waals surface area contributed by atoms with Gasteiger partial charge in [0, 0.05) is 31.3 Å². The van der Waals surface area contributed by atoms with Gasteiger partial charge in [0.05, 0.1) is 0 Å². The molecule has 1 aromatic carbocycles. The molecule has 0 bridgehead atoms. The van der Waals surface area contributed by atoms with Gasteiger partial charge >= 0.3 is 0 Å². The Bertz CT molecular complexity index is 399. The van der Waals surface area contributed by atoms with Gasteiger partial charge in [0.25, 0.3) is 0 Å². The number of rotatable bonds is 2. The van der Waals surface area contributed by atoms with Crippen LogP contribution < -0.4 is 11.1 Å². The molecule has 0 aromatic heterocycles. The van der Waals surface area contributed by atoms with Crippen LogP contribution in [0.2, 0.25) is 0 Å². The van der Waals surface area contributed by atoms with Crippen LogP contribution in [0, 0.1) is 0 Å². The van der Waals surface area contributed by atoms with Crippen molar-refractivity contribution in [2.45, 2.75) is 43.8 Å². The van der Waals surface area contributed by atoms with E-state index in [0.29, 0.717) is 12.1 Å². The predicted molar refractivity (Wildman–Crippen MR) is 72.3 cm³/mol. The van der Waals surface area contributed by atoms with Gasteiger partial charge in [-0.15, -0.1) is 0 Å². The number of hydrogen-bond acceptors (Lipinski definition) is 3. The molecule has 1 aromatic rings. The third-order valence-corrected chi connectivity index (χ3v) is 4.15. The van der Waals surface area contributed by atoms with Crippen LogP contribution in [0.4, 0.5) is 0 Å². The molecule has 3 heteroatoms. The second kappa shape index (κ2) is 5.39. The van der Waals surface area contributed by atoms with Crippen LogP contribution in [0.15, 0.2) is 24.3 Å². The zero-order valence-corrected chi connectivity index (χ0v) is 10.8. The highest BCUT2D eigenvalue weighted by Gasteiger charge is 2.29. The Morgan fingerprint density at radius 3 is 2.83 bits per heavy atom. The summed E-state index contributed by atoms with van der Waals surface area (Å²) in [7, 11) is 0. The molecule has 3 unspecified atom stereocenters. The average molecular weight is 246 g/mol. The lowest BCUT2D eigenvalue weighted by molar-refractivity contribution is 0.142. The van der Waals surface area contributed by atoms with Crippen LogP contribution in [-0.4, -0.2) is 19.3 Å². The van der Waals surface area contributed by atoms with E-state index in [1.165, 1.54) is 17.5 Å². The van der Waals surface area contributed by atoms with E-state index < -0.39 is 0 Å². The molecule has 3 N–H and O–H groups in total. The van der Waals surface area contributed by atoms with Crippen molar-refractivity contribution in [3.63, 3.8) is 0 Å². The third-order valence-electron chi connectivity index (χ3n) is 4.15. The van der Waals surface area contributed by atoms with Crippen molar-refractivity contribution in [3.8, 4) is 0 Å². The quantitative estimate of drug-likeness (QED) is 0.841. The van der Waals surface area contributed by atoms with E-state index in [1.54, 1.807) is 0 Å². The molecule has 3 nitrogen and oxygen atoms in total. The molecule has 0 radical (unpaired) electrons. The Balaban J connectivity index is 1.70. The van der Waals surface area contributed by atoms with Gasteiger partial charge in [0.15, 0.2) is 0 Å². The fourth-order valence-electron chi connectivity index (χ4n) is 3.19. The van der Waals surface area contributed by atoms with E-state index in [-0.39, 0.29) is 6.04 Å². The zero-order chi connectivity index (χ0) is 12.4. The lowest BCUT2D eigenvalue weighted by Crippen LogP contribution is -2.32. The summed E-state index contributed by atoms with van der Waals surface area (Å²) in [6.07, 6.45) is 4.52. The molecule has 3 atom stereocenters. The minimum atomic E-state index is 0.195. The number of hydrogen-bond donors (Lipinski definition) is 2. The number of benzene rings is 1. The van der Waals surface area contributed by atoms with Crippen molar-refractivity contribution >= 4 is 0 Å². The summed E-state index contributed by atoms with van der Waals surface area (Å²) >= 11 is 0. The Morgan fingerprint density at radius 2 is 1.94 bits per heavy atom. The van der Waals surface area contributed by atoms with Gasteiger partial charge in [-0.2, -0.15) is 0 Å². The SMILES string of the molecule is NC1CC(NC2CCCOCC2)c2ccccc21. The molecule has 18 heavy (non-hydrogen) atoms. The minimum Gasteiger partial charge on any atom is -0.381 e. The molecule has 0 spiro atoms. The molecule has 0 saturated carbocycles. The van der Waals surface area contributed by atoms with Crippen molar-refractivity contribution in [2.24, 2.45) is 5.73 Å². The van der Waals surface area contributed by atoms with Gasteiger partial charge in [0.2, 0.25) is 0 Å². The molecule has 1 aliphatic carbocycles. The summed E-state index contributed by atoms with van der Waals surface area (Å²) < 4.78 is 5.52. The van der Waals surface area contributed by atoms with E-state index in [0.717, 1.165) is 32.5 Å². The fraction of sp³-hybridized carbons (Fsp3) is 0.600. The Kier molecular flexibility index (Phi) is 3.64. The first-order chi connectivity index (χ1) is 8.84. The summed E-state index contributed by atoms with van der Waals surface area (Å²) in [4.78, 5) is 0. The molecular weight excluding hydrogens is 224 g/mol. The maximum absolute atomic E-state index is 6.21. The van der Waals surface area contributed by atoms with Gasteiger partial charge in [0.1, 0.15) is 0 Å². The standard InChI is InChI=1S/C15H22N2O/c16-14-10-15(13-6-2-1-5-12(13)14)17-11-4-3-8-18-9-7-11/h1-2,5-6,11,14-15,17H,3-4,7-10,16H2. The van der Waals surface area contributed by atoms with Crippen LogP contribution in [0.5, 0.6) is 0 Å². The summed E-state index contributed by atoms with van der Waals surface area (Å²) in [5.41, 5.74) is 8.93. The first-order valence-corrected chi connectivity index (χ1v) is 7.03. The topological polar surface area (TPSA) is 47.3 Å². The fourth-order valence-corrected chi connectivity index (χ4v) is 3.19. The first kappa shape index (κ1) is 12.2. The highest BCUT2D eigenvalue weighted by Crippen LogP contribution is 2.37. The molecule has 2 aliphatic rings. The molecule has 0 amide bonds. The first-order valence-electron chi connectivity index (χ1n) is 7.03. The Morgan fingerprint density at radius 1 is 1.11 bits per heavy atom. The van der Waals surface area contributed by atoms with Crippen LogP contribution in [0.25, 0.3) is 0 Å². The minimum absolute atomic E-state index is 0.195.